The summed E-state index contributed by atoms with van der Waals surface area (Å²) in [5.74, 6) is 0.405. The molecule has 0 saturated carbocycles. The highest BCUT2D eigenvalue weighted by Gasteiger charge is 2.08. The Morgan fingerprint density at radius 2 is 2.00 bits per heavy atom. The number of para-hydroxylation sites is 1. The highest BCUT2D eigenvalue weighted by atomic mass is 35.5. The van der Waals surface area contributed by atoms with E-state index >= 15 is 0 Å². The van der Waals surface area contributed by atoms with Crippen LogP contribution in [0.5, 0.6) is 0 Å². The molecule has 0 aliphatic carbocycles. The van der Waals surface area contributed by atoms with Crippen LogP contribution in [0.15, 0.2) is 24.3 Å². The monoisotopic (exact) mass is 225 g/mol. The summed E-state index contributed by atoms with van der Waals surface area (Å²) in [4.78, 5) is 4.44. The maximum absolute atomic E-state index is 6.22. The largest absolute Gasteiger partial charge is 0.253 e. The van der Waals surface area contributed by atoms with E-state index in [0.29, 0.717) is 5.88 Å². The summed E-state index contributed by atoms with van der Waals surface area (Å²) in [6, 6.07) is 7.81. The first-order valence-electron chi connectivity index (χ1n) is 4.33. The van der Waals surface area contributed by atoms with Crippen LogP contribution in [-0.2, 0) is 5.88 Å². The Morgan fingerprint density at radius 3 is 2.71 bits per heavy atom. The first-order valence-corrected chi connectivity index (χ1v) is 5.25. The standard InChI is InChI=1S/C11H9Cl2N/c1-7-9(6-12)11(13)8-4-2-3-5-10(8)14-7/h2-5H,6H2,1H3. The highest BCUT2D eigenvalue weighted by molar-refractivity contribution is 6.36. The normalized spacial score (nSPS) is 10.8. The van der Waals surface area contributed by atoms with Gasteiger partial charge in [-0.3, -0.25) is 4.98 Å². The molecule has 0 radical (unpaired) electrons. The van der Waals surface area contributed by atoms with E-state index in [2.05, 4.69) is 4.98 Å². The van der Waals surface area contributed by atoms with Gasteiger partial charge in [-0.05, 0) is 13.0 Å². The van der Waals surface area contributed by atoms with E-state index in [0.717, 1.165) is 27.2 Å². The van der Waals surface area contributed by atoms with Crippen LogP contribution in [0.3, 0.4) is 0 Å². The maximum Gasteiger partial charge on any atom is 0.0720 e. The van der Waals surface area contributed by atoms with E-state index in [9.17, 15) is 0 Å². The van der Waals surface area contributed by atoms with Gasteiger partial charge < -0.3 is 0 Å². The molecule has 1 heterocycles. The van der Waals surface area contributed by atoms with Crippen molar-refractivity contribution < 1.29 is 0 Å². The van der Waals surface area contributed by atoms with Gasteiger partial charge in [-0.15, -0.1) is 11.6 Å². The number of rotatable bonds is 1. The molecule has 0 N–H and O–H groups in total. The van der Waals surface area contributed by atoms with Crippen molar-refractivity contribution in [2.75, 3.05) is 0 Å². The molecule has 0 aliphatic rings. The summed E-state index contributed by atoms with van der Waals surface area (Å²) >= 11 is 12.0. The summed E-state index contributed by atoms with van der Waals surface area (Å²) in [6.07, 6.45) is 0. The van der Waals surface area contributed by atoms with Gasteiger partial charge in [0.15, 0.2) is 0 Å². The molecular formula is C11H9Cl2N. The molecule has 2 aromatic rings. The Balaban J connectivity index is 2.86. The van der Waals surface area contributed by atoms with Crippen molar-refractivity contribution in [2.45, 2.75) is 12.8 Å². The maximum atomic E-state index is 6.22. The van der Waals surface area contributed by atoms with E-state index < -0.39 is 0 Å². The highest BCUT2D eigenvalue weighted by Crippen LogP contribution is 2.28. The molecule has 0 fully saturated rings. The zero-order valence-corrected chi connectivity index (χ0v) is 9.23. The lowest BCUT2D eigenvalue weighted by Crippen LogP contribution is -1.93. The molecule has 0 amide bonds. The molecule has 0 unspecified atom stereocenters. The second-order valence-corrected chi connectivity index (χ2v) is 3.79. The number of halogens is 2. The lowest BCUT2D eigenvalue weighted by atomic mass is 10.1. The zero-order chi connectivity index (χ0) is 10.1. The number of benzene rings is 1. The van der Waals surface area contributed by atoms with E-state index in [1.165, 1.54) is 0 Å². The average molecular weight is 226 g/mol. The Bertz CT molecular complexity index is 480. The van der Waals surface area contributed by atoms with Crippen molar-refractivity contribution in [1.29, 1.82) is 0 Å². The SMILES string of the molecule is Cc1nc2ccccc2c(Cl)c1CCl. The Labute approximate surface area is 92.7 Å². The van der Waals surface area contributed by atoms with Gasteiger partial charge >= 0.3 is 0 Å². The van der Waals surface area contributed by atoms with Crippen LogP contribution in [0.4, 0.5) is 0 Å². The second-order valence-electron chi connectivity index (χ2n) is 3.14. The van der Waals surface area contributed by atoms with E-state index in [4.69, 9.17) is 23.2 Å². The number of aromatic nitrogens is 1. The van der Waals surface area contributed by atoms with Gasteiger partial charge in [-0.1, -0.05) is 29.8 Å². The number of pyridine rings is 1. The minimum Gasteiger partial charge on any atom is -0.253 e. The van der Waals surface area contributed by atoms with Crippen molar-refractivity contribution in [1.82, 2.24) is 4.98 Å². The predicted molar refractivity (Wildman–Crippen MR) is 61.0 cm³/mol. The molecule has 0 aliphatic heterocycles. The topological polar surface area (TPSA) is 12.9 Å². The molecule has 0 spiro atoms. The van der Waals surface area contributed by atoms with Gasteiger partial charge in [0.1, 0.15) is 0 Å². The number of hydrogen-bond donors (Lipinski definition) is 0. The molecule has 0 saturated heterocycles. The molecule has 3 heteroatoms. The second kappa shape index (κ2) is 3.76. The first kappa shape index (κ1) is 9.75. The van der Waals surface area contributed by atoms with Gasteiger partial charge in [0.25, 0.3) is 0 Å². The summed E-state index contributed by atoms with van der Waals surface area (Å²) in [5, 5.41) is 1.69. The van der Waals surface area contributed by atoms with Crippen LogP contribution in [0.25, 0.3) is 10.9 Å². The van der Waals surface area contributed by atoms with Gasteiger partial charge in [0, 0.05) is 16.6 Å². The van der Waals surface area contributed by atoms with E-state index in [-0.39, 0.29) is 0 Å². The first-order chi connectivity index (χ1) is 6.74. The Hall–Kier alpha value is -0.790. The van der Waals surface area contributed by atoms with Crippen LogP contribution >= 0.6 is 23.2 Å². The number of nitrogens with zero attached hydrogens (tertiary/aromatic N) is 1. The van der Waals surface area contributed by atoms with Crippen LogP contribution in [0, 0.1) is 6.92 Å². The van der Waals surface area contributed by atoms with Crippen LogP contribution in [-0.4, -0.2) is 4.98 Å². The molecule has 1 aromatic heterocycles. The third kappa shape index (κ3) is 1.47. The molecule has 1 aromatic carbocycles. The van der Waals surface area contributed by atoms with Crippen molar-refractivity contribution in [2.24, 2.45) is 0 Å². The van der Waals surface area contributed by atoms with Gasteiger partial charge in [0.2, 0.25) is 0 Å². The zero-order valence-electron chi connectivity index (χ0n) is 7.72. The fourth-order valence-corrected chi connectivity index (χ4v) is 2.24. The molecule has 1 nitrogen and oxygen atoms in total. The van der Waals surface area contributed by atoms with Gasteiger partial charge in [-0.25, -0.2) is 0 Å². The molecular weight excluding hydrogens is 217 g/mol. The van der Waals surface area contributed by atoms with Crippen molar-refractivity contribution in [3.63, 3.8) is 0 Å². The van der Waals surface area contributed by atoms with Crippen LogP contribution in [0.2, 0.25) is 5.02 Å². The Morgan fingerprint density at radius 1 is 1.29 bits per heavy atom. The lowest BCUT2D eigenvalue weighted by Gasteiger charge is -2.07. The van der Waals surface area contributed by atoms with Crippen molar-refractivity contribution in [3.05, 3.63) is 40.5 Å². The van der Waals surface area contributed by atoms with Crippen LogP contribution in [0.1, 0.15) is 11.3 Å². The molecule has 2 rings (SSSR count). The minimum absolute atomic E-state index is 0.405. The van der Waals surface area contributed by atoms with Gasteiger partial charge in [0.05, 0.1) is 16.4 Å². The van der Waals surface area contributed by atoms with Crippen LogP contribution < -0.4 is 0 Å². The average Bonchev–Trinajstić information content (AvgIpc) is 2.18. The molecule has 72 valence electrons. The quantitative estimate of drug-likeness (QED) is 0.671. The smallest absolute Gasteiger partial charge is 0.0720 e. The number of alkyl halides is 1. The number of fused-ring (bicyclic) bond motifs is 1. The Kier molecular flexibility index (Phi) is 2.62. The minimum atomic E-state index is 0.405. The molecule has 0 atom stereocenters. The number of hydrogen-bond acceptors (Lipinski definition) is 1. The summed E-state index contributed by atoms with van der Waals surface area (Å²) in [5.41, 5.74) is 2.75. The fourth-order valence-electron chi connectivity index (χ4n) is 1.48. The molecule has 14 heavy (non-hydrogen) atoms. The lowest BCUT2D eigenvalue weighted by molar-refractivity contribution is 1.18. The van der Waals surface area contributed by atoms with E-state index in [1.54, 1.807) is 0 Å². The van der Waals surface area contributed by atoms with Crippen molar-refractivity contribution in [3.8, 4) is 0 Å². The number of aryl methyl sites for hydroxylation is 1. The van der Waals surface area contributed by atoms with E-state index in [1.807, 2.05) is 31.2 Å². The third-order valence-electron chi connectivity index (χ3n) is 2.26. The molecule has 0 bridgehead atoms. The predicted octanol–water partition coefficient (Wildman–Crippen LogP) is 3.94. The van der Waals surface area contributed by atoms with Gasteiger partial charge in [-0.2, -0.15) is 0 Å². The fraction of sp³-hybridized carbons (Fsp3) is 0.182. The summed E-state index contributed by atoms with van der Waals surface area (Å²) < 4.78 is 0. The summed E-state index contributed by atoms with van der Waals surface area (Å²) in [7, 11) is 0. The third-order valence-corrected chi connectivity index (χ3v) is 2.96. The summed E-state index contributed by atoms with van der Waals surface area (Å²) in [6.45, 7) is 1.93. The van der Waals surface area contributed by atoms with Crippen molar-refractivity contribution >= 4 is 34.1 Å².